The quantitative estimate of drug-likeness (QED) is 0.0281. The fraction of sp³-hybridized carbons (Fsp3) is 0.776. The van der Waals surface area contributed by atoms with Crippen molar-refractivity contribution in [2.45, 2.75) is 251 Å². The lowest BCUT2D eigenvalue weighted by atomic mass is 10.0. The molecule has 0 aromatic heterocycles. The molecule has 0 saturated heterocycles. The molecule has 0 radical (unpaired) electrons. The van der Waals surface area contributed by atoms with E-state index in [2.05, 4.69) is 74.6 Å². The van der Waals surface area contributed by atoms with E-state index >= 15 is 0 Å². The third-order valence-electron chi connectivity index (χ3n) is 12.2. The summed E-state index contributed by atoms with van der Waals surface area (Å²) in [4.78, 5) is 37.2. The highest BCUT2D eigenvalue weighted by molar-refractivity contribution is 5.72. The van der Waals surface area contributed by atoms with Gasteiger partial charge in [-0.15, -0.1) is 0 Å². The molecule has 0 rings (SSSR count). The minimum absolute atomic E-state index is 0.0476. The van der Waals surface area contributed by atoms with E-state index in [1.54, 1.807) is 0 Å². The van der Waals surface area contributed by atoms with Gasteiger partial charge >= 0.3 is 17.9 Å². The molecule has 0 amide bonds. The van der Waals surface area contributed by atoms with Gasteiger partial charge in [0.25, 0.3) is 0 Å². The predicted molar refractivity (Wildman–Crippen MR) is 280 cm³/mol. The summed E-state index contributed by atoms with van der Waals surface area (Å²) >= 11 is 0. The van der Waals surface area contributed by atoms with Crippen LogP contribution in [0.25, 0.3) is 0 Å². The summed E-state index contributed by atoms with van der Waals surface area (Å²) < 4.78 is 17.4. The van der Waals surface area contributed by atoms with Crippen LogP contribution in [0.3, 0.4) is 0 Å². The van der Waals surface area contributed by atoms with E-state index in [0.717, 1.165) is 77.0 Å². The van der Waals surface area contributed by atoms with Gasteiger partial charge in [0.05, 0.1) is 34.4 Å². The van der Waals surface area contributed by atoms with E-state index < -0.39 is 18.1 Å². The smallest absolute Gasteiger partial charge is 0.362 e. The molecular weight excluding hydrogens is 823 g/mol. The molecule has 8 heteroatoms. The Labute approximate surface area is 407 Å². The molecule has 0 aliphatic carbocycles. The van der Waals surface area contributed by atoms with Crippen molar-refractivity contribution in [1.29, 1.82) is 0 Å². The Kier molecular flexibility index (Phi) is 46.3. The van der Waals surface area contributed by atoms with E-state index in [0.29, 0.717) is 12.8 Å². The Balaban J connectivity index is 4.22. The number of ether oxygens (including phenoxy) is 3. The maximum absolute atomic E-state index is 12.8. The molecule has 0 spiro atoms. The highest BCUT2D eigenvalue weighted by atomic mass is 16.6. The highest BCUT2D eigenvalue weighted by Crippen LogP contribution is 2.17. The van der Waals surface area contributed by atoms with Crippen molar-refractivity contribution in [3.63, 3.8) is 0 Å². The lowest BCUT2D eigenvalue weighted by Gasteiger charge is -2.31. The van der Waals surface area contributed by atoms with Crippen LogP contribution in [0.5, 0.6) is 0 Å². The van der Waals surface area contributed by atoms with Crippen LogP contribution in [0.4, 0.5) is 0 Å². The van der Waals surface area contributed by atoms with Crippen LogP contribution in [-0.4, -0.2) is 80.6 Å². The van der Waals surface area contributed by atoms with Gasteiger partial charge in [0.15, 0.2) is 12.1 Å². The number of unbranched alkanes of at least 4 members (excludes halogenated alkanes) is 25. The number of carbonyl (C=O) groups is 3. The Morgan fingerprint density at radius 2 is 0.848 bits per heavy atom. The lowest BCUT2D eigenvalue weighted by molar-refractivity contribution is -0.887. The number of nitrogens with zero attached hydrogens (tertiary/aromatic N) is 1. The topological polar surface area (TPSA) is 99.1 Å². The standard InChI is InChI=1S/C58H103NO7/c1-6-8-10-12-14-16-18-20-22-24-26-27-28-29-31-32-34-36-38-40-42-44-46-48-56(60)65-53-54(52-64-51-50-55(58(62)63)59(3,4)5)66-57(61)49-47-45-43-41-39-37-35-33-30-25-23-21-19-17-15-13-11-9-7-2/h9,11,15,17,21,23,30,33,37,39,54-55H,6-8,10,12-14,16,18-20,22,24-29,31-32,34-36,38,40-53H2,1-5H3/p+1/b11-9+,17-15+,23-21+,33-30+,39-37+. The molecule has 1 N–H and O–H groups in total. The van der Waals surface area contributed by atoms with Crippen molar-refractivity contribution < 1.29 is 38.2 Å². The zero-order valence-electron chi connectivity index (χ0n) is 43.6. The predicted octanol–water partition coefficient (Wildman–Crippen LogP) is 16.1. The second kappa shape index (κ2) is 48.5. The third-order valence-corrected chi connectivity index (χ3v) is 12.2. The zero-order valence-corrected chi connectivity index (χ0v) is 43.6. The van der Waals surface area contributed by atoms with Gasteiger partial charge in [0.2, 0.25) is 0 Å². The first-order chi connectivity index (χ1) is 32.1. The minimum Gasteiger partial charge on any atom is -0.477 e. The summed E-state index contributed by atoms with van der Waals surface area (Å²) in [6.07, 6.45) is 61.4. The van der Waals surface area contributed by atoms with E-state index in [9.17, 15) is 19.5 Å². The van der Waals surface area contributed by atoms with Crippen LogP contribution in [0.2, 0.25) is 0 Å². The summed E-state index contributed by atoms with van der Waals surface area (Å²) in [5.41, 5.74) is 0. The molecule has 382 valence electrons. The highest BCUT2D eigenvalue weighted by Gasteiger charge is 2.31. The summed E-state index contributed by atoms with van der Waals surface area (Å²) in [6.45, 7) is 4.62. The molecule has 0 aromatic rings. The first-order valence-electron chi connectivity index (χ1n) is 27.3. The van der Waals surface area contributed by atoms with Crippen molar-refractivity contribution >= 4 is 17.9 Å². The second-order valence-corrected chi connectivity index (χ2v) is 19.5. The largest absolute Gasteiger partial charge is 0.477 e. The van der Waals surface area contributed by atoms with Gasteiger partial charge in [-0.25, -0.2) is 4.79 Å². The number of carboxylic acids is 1. The number of hydrogen-bond donors (Lipinski definition) is 1. The molecule has 0 aliphatic rings. The average molecular weight is 927 g/mol. The number of carboxylic acid groups (broad SMARTS) is 1. The van der Waals surface area contributed by atoms with Crippen molar-refractivity contribution in [2.75, 3.05) is 41.0 Å². The molecule has 66 heavy (non-hydrogen) atoms. The van der Waals surface area contributed by atoms with Crippen LogP contribution in [0.1, 0.15) is 239 Å². The summed E-state index contributed by atoms with van der Waals surface area (Å²) in [5, 5.41) is 9.66. The van der Waals surface area contributed by atoms with Crippen LogP contribution in [0, 0.1) is 0 Å². The Hall–Kier alpha value is -2.97. The molecule has 0 heterocycles. The molecule has 0 aromatic carbocycles. The van der Waals surface area contributed by atoms with Crippen LogP contribution in [-0.2, 0) is 28.6 Å². The molecule has 0 aliphatic heterocycles. The van der Waals surface area contributed by atoms with Crippen molar-refractivity contribution in [2.24, 2.45) is 0 Å². The van der Waals surface area contributed by atoms with Crippen LogP contribution < -0.4 is 0 Å². The maximum Gasteiger partial charge on any atom is 0.362 e. The number of aliphatic carboxylic acids is 1. The van der Waals surface area contributed by atoms with Crippen LogP contribution >= 0.6 is 0 Å². The normalized spacial score (nSPS) is 13.3. The van der Waals surface area contributed by atoms with Gasteiger partial charge in [-0.05, 0) is 57.8 Å². The molecule has 0 fully saturated rings. The second-order valence-electron chi connectivity index (χ2n) is 19.5. The van der Waals surface area contributed by atoms with Crippen molar-refractivity contribution in [3.8, 4) is 0 Å². The molecular formula is C58H104NO7+. The van der Waals surface area contributed by atoms with Crippen molar-refractivity contribution in [3.05, 3.63) is 60.8 Å². The van der Waals surface area contributed by atoms with Gasteiger partial charge in [0.1, 0.15) is 6.61 Å². The first kappa shape index (κ1) is 63.0. The number of carbonyl (C=O) groups excluding carboxylic acids is 2. The van der Waals surface area contributed by atoms with Gasteiger partial charge in [-0.1, -0.05) is 222 Å². The number of likely N-dealkylation sites (N-methyl/N-ethyl adjacent to an activating group) is 1. The van der Waals surface area contributed by atoms with E-state index in [-0.39, 0.29) is 42.7 Å². The van der Waals surface area contributed by atoms with E-state index in [1.165, 1.54) is 128 Å². The Morgan fingerprint density at radius 3 is 1.26 bits per heavy atom. The SMILES string of the molecule is CC/C=C/C/C=C/C/C=C/C/C=C/C/C=C/CCCCCC(=O)OC(COCCC(C(=O)O)[N+](C)(C)C)COC(=O)CCCCCCCCCCCCCCCCCCCCCCCCC. The molecule has 0 saturated carbocycles. The Bertz CT molecular complexity index is 1260. The minimum atomic E-state index is -0.880. The number of quaternary nitrogens is 1. The van der Waals surface area contributed by atoms with Gasteiger partial charge in [0, 0.05) is 19.3 Å². The fourth-order valence-electron chi connectivity index (χ4n) is 8.00. The van der Waals surface area contributed by atoms with E-state index in [4.69, 9.17) is 14.2 Å². The number of hydrogen-bond acceptors (Lipinski definition) is 6. The van der Waals surface area contributed by atoms with E-state index in [1.807, 2.05) is 21.1 Å². The lowest BCUT2D eigenvalue weighted by Crippen LogP contribution is -2.50. The summed E-state index contributed by atoms with van der Waals surface area (Å²) in [7, 11) is 5.53. The fourth-order valence-corrected chi connectivity index (χ4v) is 8.00. The summed E-state index contributed by atoms with van der Waals surface area (Å²) in [6, 6.07) is -0.623. The molecule has 2 atom stereocenters. The maximum atomic E-state index is 12.8. The molecule has 2 unspecified atom stereocenters. The monoisotopic (exact) mass is 927 g/mol. The van der Waals surface area contributed by atoms with Gasteiger partial charge < -0.3 is 23.8 Å². The number of esters is 2. The molecule has 8 nitrogen and oxygen atoms in total. The zero-order chi connectivity index (χ0) is 48.4. The average Bonchev–Trinajstić information content (AvgIpc) is 3.28. The number of rotatable bonds is 49. The van der Waals surface area contributed by atoms with Gasteiger partial charge in [-0.2, -0.15) is 0 Å². The summed E-state index contributed by atoms with van der Waals surface area (Å²) in [5.74, 6) is -1.50. The van der Waals surface area contributed by atoms with Crippen LogP contribution in [0.15, 0.2) is 60.8 Å². The van der Waals surface area contributed by atoms with Crippen molar-refractivity contribution in [1.82, 2.24) is 0 Å². The Morgan fingerprint density at radius 1 is 0.470 bits per heavy atom. The number of allylic oxidation sites excluding steroid dienone is 10. The first-order valence-corrected chi connectivity index (χ1v) is 27.3. The third kappa shape index (κ3) is 46.2. The van der Waals surface area contributed by atoms with Gasteiger partial charge in [-0.3, -0.25) is 9.59 Å². The molecule has 0 bridgehead atoms.